The summed E-state index contributed by atoms with van der Waals surface area (Å²) < 4.78 is 5.79. The average Bonchev–Trinajstić information content (AvgIpc) is 3.19. The zero-order chi connectivity index (χ0) is 24.2. The van der Waals surface area contributed by atoms with Crippen molar-refractivity contribution in [1.29, 1.82) is 0 Å². The van der Waals surface area contributed by atoms with Gasteiger partial charge in [0.15, 0.2) is 0 Å². The lowest BCUT2D eigenvalue weighted by Gasteiger charge is -2.33. The van der Waals surface area contributed by atoms with Gasteiger partial charge in [-0.1, -0.05) is 23.7 Å². The number of carbonyl (C=O) groups is 3. The molecule has 1 aliphatic rings. The summed E-state index contributed by atoms with van der Waals surface area (Å²) in [6, 6.07) is 10.4. The second kappa shape index (κ2) is 10.2. The number of likely N-dealkylation sites (N-methyl/N-ethyl adjacent to an activating group) is 1. The normalized spacial score (nSPS) is 18.1. The van der Waals surface area contributed by atoms with Crippen molar-refractivity contribution in [1.82, 2.24) is 9.88 Å². The van der Waals surface area contributed by atoms with Crippen LogP contribution in [0.1, 0.15) is 36.2 Å². The van der Waals surface area contributed by atoms with Gasteiger partial charge in [0.05, 0.1) is 11.6 Å². The second-order valence-corrected chi connectivity index (χ2v) is 8.86. The molecule has 9 nitrogen and oxygen atoms in total. The fraction of sp³-hybridized carbons (Fsp3) is 0.333. The van der Waals surface area contributed by atoms with Crippen LogP contribution < -0.4 is 10.6 Å². The maximum atomic E-state index is 13.1. The van der Waals surface area contributed by atoms with Gasteiger partial charge in [0.1, 0.15) is 17.1 Å². The Hall–Kier alpha value is -3.43. The third-order valence-corrected chi connectivity index (χ3v) is 6.32. The van der Waals surface area contributed by atoms with Crippen molar-refractivity contribution in [2.24, 2.45) is 5.92 Å². The van der Waals surface area contributed by atoms with Crippen molar-refractivity contribution in [2.45, 2.75) is 31.7 Å². The van der Waals surface area contributed by atoms with Gasteiger partial charge in [0.2, 0.25) is 11.7 Å². The average molecular weight is 485 g/mol. The molecule has 2 amide bonds. The third kappa shape index (κ3) is 5.37. The SMILES string of the molecule is CN(CC(=O)O)[C@H]1CC[C@H](C(=O)Nc2c(C(=O)Nc3ccc(Cl)cn3)oc3ccccc23)CC1. The van der Waals surface area contributed by atoms with Crippen LogP contribution in [0.3, 0.4) is 0 Å². The number of anilines is 2. The number of benzene rings is 1. The van der Waals surface area contributed by atoms with Crippen LogP contribution >= 0.6 is 11.6 Å². The van der Waals surface area contributed by atoms with Crippen LogP contribution in [0.2, 0.25) is 5.02 Å². The summed E-state index contributed by atoms with van der Waals surface area (Å²) in [6.07, 6.45) is 4.13. The van der Waals surface area contributed by atoms with E-state index in [1.54, 1.807) is 43.4 Å². The lowest BCUT2D eigenvalue weighted by atomic mass is 9.85. The van der Waals surface area contributed by atoms with Gasteiger partial charge in [-0.2, -0.15) is 0 Å². The van der Waals surface area contributed by atoms with Gasteiger partial charge in [-0.25, -0.2) is 4.98 Å². The quantitative estimate of drug-likeness (QED) is 0.457. The largest absolute Gasteiger partial charge is 0.480 e. The molecule has 0 spiro atoms. The maximum absolute atomic E-state index is 13.1. The highest BCUT2D eigenvalue weighted by molar-refractivity contribution is 6.30. The van der Waals surface area contributed by atoms with Gasteiger partial charge in [0.25, 0.3) is 5.91 Å². The van der Waals surface area contributed by atoms with E-state index in [2.05, 4.69) is 15.6 Å². The number of carbonyl (C=O) groups excluding carboxylic acids is 2. The molecule has 2 heterocycles. The van der Waals surface area contributed by atoms with Crippen molar-refractivity contribution < 1.29 is 23.9 Å². The smallest absolute Gasteiger partial charge is 0.317 e. The van der Waals surface area contributed by atoms with Gasteiger partial charge < -0.3 is 20.2 Å². The number of aliphatic carboxylic acids is 1. The molecule has 2 aromatic heterocycles. The van der Waals surface area contributed by atoms with Gasteiger partial charge in [-0.3, -0.25) is 19.3 Å². The molecule has 3 N–H and O–H groups in total. The van der Waals surface area contributed by atoms with E-state index in [4.69, 9.17) is 21.1 Å². The number of nitrogens with one attached hydrogen (secondary N) is 2. The number of pyridine rings is 1. The second-order valence-electron chi connectivity index (χ2n) is 8.42. The van der Waals surface area contributed by atoms with E-state index >= 15 is 0 Å². The van der Waals surface area contributed by atoms with Crippen LogP contribution in [0.5, 0.6) is 0 Å². The van der Waals surface area contributed by atoms with Gasteiger partial charge in [-0.15, -0.1) is 0 Å². The topological polar surface area (TPSA) is 125 Å². The first-order valence-electron chi connectivity index (χ1n) is 11.0. The number of nitrogens with zero attached hydrogens (tertiary/aromatic N) is 2. The van der Waals surface area contributed by atoms with Crippen molar-refractivity contribution in [3.8, 4) is 0 Å². The molecule has 1 saturated carbocycles. The summed E-state index contributed by atoms with van der Waals surface area (Å²) in [4.78, 5) is 42.9. The molecule has 0 bridgehead atoms. The van der Waals surface area contributed by atoms with Crippen molar-refractivity contribution >= 4 is 51.9 Å². The van der Waals surface area contributed by atoms with E-state index in [0.717, 1.165) is 12.8 Å². The monoisotopic (exact) mass is 484 g/mol. The summed E-state index contributed by atoms with van der Waals surface area (Å²) in [6.45, 7) is -0.0243. The fourth-order valence-corrected chi connectivity index (χ4v) is 4.41. The number of hydrogen-bond donors (Lipinski definition) is 3. The standard InChI is InChI=1S/C24H25ClN4O5/c1-29(13-20(30)31)16-9-6-14(7-10-16)23(32)28-21-17-4-2-3-5-18(17)34-22(21)24(33)27-19-11-8-15(25)12-26-19/h2-5,8,11-12,14,16H,6-7,9-10,13H2,1H3,(H,28,32)(H,30,31)(H,26,27,33)/t14-,16-. The van der Waals surface area contributed by atoms with Crippen LogP contribution in [-0.2, 0) is 9.59 Å². The minimum Gasteiger partial charge on any atom is -0.480 e. The van der Waals surface area contributed by atoms with E-state index in [9.17, 15) is 14.4 Å². The number of para-hydroxylation sites is 1. The van der Waals surface area contributed by atoms with Crippen LogP contribution in [0.15, 0.2) is 47.0 Å². The lowest BCUT2D eigenvalue weighted by molar-refractivity contribution is -0.139. The van der Waals surface area contributed by atoms with Gasteiger partial charge in [0, 0.05) is 23.5 Å². The van der Waals surface area contributed by atoms with E-state index in [1.807, 2.05) is 4.90 Å². The van der Waals surface area contributed by atoms with Crippen molar-refractivity contribution in [2.75, 3.05) is 24.2 Å². The summed E-state index contributed by atoms with van der Waals surface area (Å²) >= 11 is 5.85. The first kappa shape index (κ1) is 23.7. The van der Waals surface area contributed by atoms with E-state index < -0.39 is 11.9 Å². The molecular weight excluding hydrogens is 460 g/mol. The molecule has 0 saturated heterocycles. The molecular formula is C24H25ClN4O5. The van der Waals surface area contributed by atoms with Crippen molar-refractivity contribution in [3.63, 3.8) is 0 Å². The highest BCUT2D eigenvalue weighted by Crippen LogP contribution is 2.34. The predicted octanol–water partition coefficient (Wildman–Crippen LogP) is 4.25. The molecule has 10 heteroatoms. The van der Waals surface area contributed by atoms with E-state index in [1.165, 1.54) is 6.20 Å². The Balaban J connectivity index is 1.49. The molecule has 34 heavy (non-hydrogen) atoms. The molecule has 0 unspecified atom stereocenters. The number of carboxylic acid groups (broad SMARTS) is 1. The number of hydrogen-bond acceptors (Lipinski definition) is 6. The lowest BCUT2D eigenvalue weighted by Crippen LogP contribution is -2.40. The third-order valence-electron chi connectivity index (χ3n) is 6.09. The first-order chi connectivity index (χ1) is 16.3. The molecule has 1 aromatic carbocycles. The Morgan fingerprint density at radius 3 is 2.53 bits per heavy atom. The van der Waals surface area contributed by atoms with Crippen LogP contribution in [0.4, 0.5) is 11.5 Å². The molecule has 0 aliphatic heterocycles. The summed E-state index contributed by atoms with van der Waals surface area (Å²) in [7, 11) is 1.79. The molecule has 1 fully saturated rings. The van der Waals surface area contributed by atoms with Gasteiger partial charge in [-0.05, 0) is 57.0 Å². The number of fused-ring (bicyclic) bond motifs is 1. The Morgan fingerprint density at radius 2 is 1.85 bits per heavy atom. The molecule has 178 valence electrons. The molecule has 0 atom stereocenters. The zero-order valence-electron chi connectivity index (χ0n) is 18.6. The highest BCUT2D eigenvalue weighted by Gasteiger charge is 2.31. The molecule has 3 aromatic rings. The van der Waals surface area contributed by atoms with Crippen molar-refractivity contribution in [3.05, 3.63) is 53.4 Å². The molecule has 4 rings (SSSR count). The Labute approximate surface area is 201 Å². The molecule has 0 radical (unpaired) electrons. The Bertz CT molecular complexity index is 1200. The van der Waals surface area contributed by atoms with Crippen LogP contribution in [-0.4, -0.2) is 52.4 Å². The number of carboxylic acids is 1. The first-order valence-corrected chi connectivity index (χ1v) is 11.4. The maximum Gasteiger partial charge on any atom is 0.317 e. The number of amides is 2. The summed E-state index contributed by atoms with van der Waals surface area (Å²) in [5, 5.41) is 15.7. The Morgan fingerprint density at radius 1 is 1.12 bits per heavy atom. The van der Waals surface area contributed by atoms with Crippen LogP contribution in [0, 0.1) is 5.92 Å². The predicted molar refractivity (Wildman–Crippen MR) is 128 cm³/mol. The summed E-state index contributed by atoms with van der Waals surface area (Å²) in [5.41, 5.74) is 0.795. The zero-order valence-corrected chi connectivity index (χ0v) is 19.3. The number of halogens is 1. The highest BCUT2D eigenvalue weighted by atomic mass is 35.5. The number of rotatable bonds is 7. The number of aromatic nitrogens is 1. The Kier molecular flexibility index (Phi) is 7.14. The minimum absolute atomic E-state index is 0.0128. The van der Waals surface area contributed by atoms with E-state index in [0.29, 0.717) is 40.3 Å². The van der Waals surface area contributed by atoms with Crippen LogP contribution in [0.25, 0.3) is 11.0 Å². The number of furan rings is 1. The minimum atomic E-state index is -0.867. The molecule has 1 aliphatic carbocycles. The summed E-state index contributed by atoms with van der Waals surface area (Å²) in [5.74, 6) is -1.55. The van der Waals surface area contributed by atoms with Gasteiger partial charge >= 0.3 is 5.97 Å². The van der Waals surface area contributed by atoms with E-state index in [-0.39, 0.29) is 30.2 Å². The fourth-order valence-electron chi connectivity index (χ4n) is 4.30.